The Morgan fingerprint density at radius 1 is 1.00 bits per heavy atom. The molecule has 0 radical (unpaired) electrons. The summed E-state index contributed by atoms with van der Waals surface area (Å²) < 4.78 is 127. The van der Waals surface area contributed by atoms with Crippen LogP contribution in [0.1, 0.15) is 32.6 Å². The highest BCUT2D eigenvalue weighted by Gasteiger charge is 2.60. The number of morpholine rings is 1. The average molecular weight is 638 g/mol. The zero-order valence-corrected chi connectivity index (χ0v) is 23.1. The zero-order chi connectivity index (χ0) is 32.0. The molecule has 3 fully saturated rings. The van der Waals surface area contributed by atoms with Crippen molar-refractivity contribution in [2.45, 2.75) is 62.8 Å². The molecule has 2 atom stereocenters. The number of carbonyl (C=O) groups is 2. The number of alkyl halides is 9. The summed E-state index contributed by atoms with van der Waals surface area (Å²) in [7, 11) is 0. The largest absolute Gasteiger partial charge is 0.479 e. The molecule has 1 N–H and O–H groups in total. The summed E-state index contributed by atoms with van der Waals surface area (Å²) in [6, 6.07) is 0. The molecule has 1 amide bonds. The van der Waals surface area contributed by atoms with Gasteiger partial charge in [-0.05, 0) is 49.8 Å². The number of rotatable bonds is 5. The molecule has 0 saturated carbocycles. The molecule has 0 aromatic heterocycles. The van der Waals surface area contributed by atoms with Crippen LogP contribution in [0.4, 0.5) is 44.3 Å². The van der Waals surface area contributed by atoms with Gasteiger partial charge in [-0.2, -0.15) is 39.5 Å². The van der Waals surface area contributed by atoms with E-state index in [0.717, 1.165) is 11.0 Å². The van der Waals surface area contributed by atoms with Gasteiger partial charge in [-0.25, -0.2) is 9.59 Å². The number of nitrogens with zero attached hydrogens (tertiary/aromatic N) is 3. The van der Waals surface area contributed by atoms with Crippen LogP contribution in [-0.2, 0) is 14.3 Å². The Morgan fingerprint density at radius 2 is 1.60 bits per heavy atom. The second-order valence-electron chi connectivity index (χ2n) is 11.8. The van der Waals surface area contributed by atoms with E-state index in [4.69, 9.17) is 4.74 Å². The number of allylic oxidation sites excluding steroid dienone is 2. The predicted octanol–water partition coefficient (Wildman–Crippen LogP) is 4.97. The van der Waals surface area contributed by atoms with Crippen LogP contribution in [0.3, 0.4) is 0 Å². The van der Waals surface area contributed by atoms with E-state index in [1.807, 2.05) is 4.90 Å². The van der Waals surface area contributed by atoms with E-state index in [2.05, 4.69) is 4.74 Å². The minimum atomic E-state index is -5.82. The Hall–Kier alpha value is -2.69. The van der Waals surface area contributed by atoms with Crippen LogP contribution in [0.15, 0.2) is 23.4 Å². The number of hydrogen-bond donors (Lipinski definition) is 1. The predicted molar refractivity (Wildman–Crippen MR) is 131 cm³/mol. The van der Waals surface area contributed by atoms with Crippen molar-refractivity contribution in [1.82, 2.24) is 14.7 Å². The minimum absolute atomic E-state index is 0.0299. The topological polar surface area (TPSA) is 82.6 Å². The van der Waals surface area contributed by atoms with Crippen LogP contribution >= 0.6 is 0 Å². The molecule has 8 nitrogen and oxygen atoms in total. The number of carbonyl (C=O) groups excluding carboxylic acids is 1. The SMILES string of the molecule is CC1(C(=O)O)CN(C2=CC(CN3CCC4(CCN(C(=O)OC(C(F)(F)F)C(F)(F)F)CC4)C3)=CC(C(F)(F)F)C2)CCO1. The molecule has 244 valence electrons. The third kappa shape index (κ3) is 7.70. The number of piperidine rings is 1. The second-order valence-corrected chi connectivity index (χ2v) is 11.8. The molecule has 0 bridgehead atoms. The molecule has 4 rings (SSSR count). The Labute approximate surface area is 241 Å². The molecule has 43 heavy (non-hydrogen) atoms. The number of halogens is 9. The van der Waals surface area contributed by atoms with Crippen LogP contribution < -0.4 is 0 Å². The van der Waals surface area contributed by atoms with E-state index in [9.17, 15) is 54.2 Å². The molecular weight excluding hydrogens is 605 g/mol. The molecule has 3 aliphatic heterocycles. The summed E-state index contributed by atoms with van der Waals surface area (Å²) in [5, 5.41) is 9.52. The third-order valence-electron chi connectivity index (χ3n) is 8.57. The van der Waals surface area contributed by atoms with E-state index in [1.54, 1.807) is 11.0 Å². The van der Waals surface area contributed by atoms with Crippen molar-refractivity contribution in [1.29, 1.82) is 0 Å². The lowest BCUT2D eigenvalue weighted by atomic mass is 9.78. The Balaban J connectivity index is 1.39. The van der Waals surface area contributed by atoms with Gasteiger partial charge in [0.25, 0.3) is 6.10 Å². The average Bonchev–Trinajstić information content (AvgIpc) is 3.27. The number of ether oxygens (including phenoxy) is 2. The molecule has 2 unspecified atom stereocenters. The van der Waals surface area contributed by atoms with E-state index < -0.39 is 53.6 Å². The van der Waals surface area contributed by atoms with E-state index in [0.29, 0.717) is 30.8 Å². The highest BCUT2D eigenvalue weighted by atomic mass is 19.4. The summed E-state index contributed by atoms with van der Waals surface area (Å²) in [5.74, 6) is -3.00. The van der Waals surface area contributed by atoms with Gasteiger partial charge < -0.3 is 24.4 Å². The first-order valence-electron chi connectivity index (χ1n) is 13.6. The summed E-state index contributed by atoms with van der Waals surface area (Å²) in [6.07, 6.45) is -18.5. The van der Waals surface area contributed by atoms with Crippen LogP contribution in [0.5, 0.6) is 0 Å². The molecule has 4 aliphatic rings. The molecule has 1 spiro atoms. The monoisotopic (exact) mass is 637 g/mol. The lowest BCUT2D eigenvalue weighted by Crippen LogP contribution is -2.54. The van der Waals surface area contributed by atoms with Gasteiger partial charge in [-0.15, -0.1) is 0 Å². The fraction of sp³-hybridized carbons (Fsp3) is 0.769. The summed E-state index contributed by atoms with van der Waals surface area (Å²) >= 11 is 0. The molecule has 3 saturated heterocycles. The van der Waals surface area contributed by atoms with Gasteiger partial charge in [0.15, 0.2) is 5.60 Å². The van der Waals surface area contributed by atoms with Crippen LogP contribution in [0, 0.1) is 11.3 Å². The summed E-state index contributed by atoms with van der Waals surface area (Å²) in [5.41, 5.74) is -1.23. The maximum absolute atomic E-state index is 13.9. The number of carboxylic acids is 1. The van der Waals surface area contributed by atoms with Crippen LogP contribution in [-0.4, -0.2) is 115 Å². The summed E-state index contributed by atoms with van der Waals surface area (Å²) in [6.45, 7) is 2.30. The highest BCUT2D eigenvalue weighted by Crippen LogP contribution is 2.43. The Morgan fingerprint density at radius 3 is 2.16 bits per heavy atom. The van der Waals surface area contributed by atoms with Crippen molar-refractivity contribution in [3.63, 3.8) is 0 Å². The standard InChI is InChI=1S/C26H32F9N3O5/c1-22(20(39)40)14-38(8-9-42-22)18-11-16(10-17(12-18)24(27,28)29)13-36-5-2-23(15-36)3-6-37(7-4-23)21(41)43-19(25(30,31)32)26(33,34)35/h10-11,17,19H,2-9,12-15H2,1H3,(H,39,40). The first kappa shape index (κ1) is 33.2. The number of amides is 1. The van der Waals surface area contributed by atoms with Gasteiger partial charge in [0.1, 0.15) is 0 Å². The van der Waals surface area contributed by atoms with Gasteiger partial charge in [0.05, 0.1) is 19.1 Å². The third-order valence-corrected chi connectivity index (χ3v) is 8.57. The molecule has 1 aliphatic carbocycles. The first-order chi connectivity index (χ1) is 19.7. The molecule has 17 heteroatoms. The lowest BCUT2D eigenvalue weighted by Gasteiger charge is -2.41. The van der Waals surface area contributed by atoms with Crippen molar-refractivity contribution < 1.29 is 63.7 Å². The fourth-order valence-electron chi connectivity index (χ4n) is 6.12. The molecular formula is C26H32F9N3O5. The Kier molecular flexibility index (Phi) is 9.01. The van der Waals surface area contributed by atoms with Gasteiger partial charge in [0.2, 0.25) is 0 Å². The van der Waals surface area contributed by atoms with E-state index in [-0.39, 0.29) is 58.6 Å². The van der Waals surface area contributed by atoms with E-state index in [1.165, 1.54) is 6.92 Å². The van der Waals surface area contributed by atoms with Gasteiger partial charge >= 0.3 is 30.6 Å². The zero-order valence-electron chi connectivity index (χ0n) is 23.1. The minimum Gasteiger partial charge on any atom is -0.479 e. The van der Waals surface area contributed by atoms with Crippen molar-refractivity contribution in [2.75, 3.05) is 52.4 Å². The molecule has 0 aromatic rings. The van der Waals surface area contributed by atoms with Crippen LogP contribution in [0.25, 0.3) is 0 Å². The molecule has 3 heterocycles. The van der Waals surface area contributed by atoms with Crippen LogP contribution in [0.2, 0.25) is 0 Å². The van der Waals surface area contributed by atoms with Gasteiger partial charge in [-0.3, -0.25) is 4.90 Å². The lowest BCUT2D eigenvalue weighted by molar-refractivity contribution is -0.308. The maximum atomic E-state index is 13.9. The number of likely N-dealkylation sites (tertiary alicyclic amines) is 2. The van der Waals surface area contributed by atoms with Crippen molar-refractivity contribution >= 4 is 12.1 Å². The van der Waals surface area contributed by atoms with Crippen molar-refractivity contribution in [3.8, 4) is 0 Å². The number of aliphatic carboxylic acids is 1. The summed E-state index contributed by atoms with van der Waals surface area (Å²) in [4.78, 5) is 28.1. The number of carboxylic acid groups (broad SMARTS) is 1. The normalized spacial score (nSPS) is 27.4. The quantitative estimate of drug-likeness (QED) is 0.427. The van der Waals surface area contributed by atoms with Gasteiger partial charge in [0, 0.05) is 44.8 Å². The van der Waals surface area contributed by atoms with E-state index >= 15 is 0 Å². The maximum Gasteiger partial charge on any atom is 0.434 e. The Bertz CT molecular complexity index is 1110. The van der Waals surface area contributed by atoms with Crippen molar-refractivity contribution in [3.05, 3.63) is 23.4 Å². The highest BCUT2D eigenvalue weighted by molar-refractivity contribution is 5.77. The fourth-order valence-corrected chi connectivity index (χ4v) is 6.12. The first-order valence-corrected chi connectivity index (χ1v) is 13.6. The van der Waals surface area contributed by atoms with Crippen molar-refractivity contribution in [2.24, 2.45) is 11.3 Å². The smallest absolute Gasteiger partial charge is 0.434 e. The molecule has 0 aromatic carbocycles. The number of hydrogen-bond acceptors (Lipinski definition) is 6. The van der Waals surface area contributed by atoms with Gasteiger partial charge in [-0.1, -0.05) is 6.08 Å². The second kappa shape index (κ2) is 11.7.